The van der Waals surface area contributed by atoms with E-state index in [4.69, 9.17) is 9.26 Å². The van der Waals surface area contributed by atoms with Crippen LogP contribution in [0.15, 0.2) is 59.4 Å². The first-order chi connectivity index (χ1) is 13.7. The van der Waals surface area contributed by atoms with Gasteiger partial charge in [-0.25, -0.2) is 4.79 Å². The van der Waals surface area contributed by atoms with Gasteiger partial charge in [0.2, 0.25) is 0 Å². The van der Waals surface area contributed by atoms with E-state index in [0.29, 0.717) is 5.56 Å². The summed E-state index contributed by atoms with van der Waals surface area (Å²) >= 11 is 0. The number of anilines is 1. The molecule has 1 aromatic carbocycles. The number of carbonyl (C=O) groups is 1. The molecular formula is C21H22N4O3. The van der Waals surface area contributed by atoms with E-state index in [2.05, 4.69) is 19.9 Å². The Morgan fingerprint density at radius 2 is 1.79 bits per heavy atom. The molecule has 7 heteroatoms. The number of aromatic nitrogens is 2. The van der Waals surface area contributed by atoms with Crippen molar-refractivity contribution in [2.75, 3.05) is 38.2 Å². The molecule has 1 fully saturated rings. The molecule has 1 saturated heterocycles. The van der Waals surface area contributed by atoms with Gasteiger partial charge in [-0.3, -0.25) is 9.88 Å². The molecule has 7 nitrogen and oxygen atoms in total. The van der Waals surface area contributed by atoms with Gasteiger partial charge in [-0.1, -0.05) is 5.16 Å². The molecule has 0 N–H and O–H groups in total. The molecule has 3 aromatic rings. The van der Waals surface area contributed by atoms with Crippen molar-refractivity contribution in [1.82, 2.24) is 15.0 Å². The Balaban J connectivity index is 1.32. The fourth-order valence-electron chi connectivity index (χ4n) is 3.36. The van der Waals surface area contributed by atoms with Crippen LogP contribution < -0.4 is 4.90 Å². The topological polar surface area (TPSA) is 71.7 Å². The van der Waals surface area contributed by atoms with Crippen molar-refractivity contribution < 1.29 is 14.1 Å². The maximum absolute atomic E-state index is 11.6. The molecule has 2 aromatic heterocycles. The third kappa shape index (κ3) is 4.04. The molecule has 0 saturated carbocycles. The van der Waals surface area contributed by atoms with Crippen molar-refractivity contribution in [2.45, 2.75) is 6.54 Å². The summed E-state index contributed by atoms with van der Waals surface area (Å²) in [5, 5.41) is 4.17. The minimum Gasteiger partial charge on any atom is -0.465 e. The smallest absolute Gasteiger partial charge is 0.337 e. The van der Waals surface area contributed by atoms with Crippen molar-refractivity contribution >= 4 is 11.7 Å². The highest BCUT2D eigenvalue weighted by atomic mass is 16.5. The second-order valence-electron chi connectivity index (χ2n) is 6.72. The number of esters is 1. The van der Waals surface area contributed by atoms with Gasteiger partial charge in [0.05, 0.1) is 19.2 Å². The Morgan fingerprint density at radius 1 is 1.07 bits per heavy atom. The molecule has 1 aliphatic heterocycles. The van der Waals surface area contributed by atoms with Crippen molar-refractivity contribution in [3.63, 3.8) is 0 Å². The number of benzene rings is 1. The number of carbonyl (C=O) groups excluding carboxylic acids is 1. The predicted octanol–water partition coefficient (Wildman–Crippen LogP) is 2.85. The van der Waals surface area contributed by atoms with E-state index in [1.807, 2.05) is 42.5 Å². The SMILES string of the molecule is COC(=O)c1ccc(N2CCN(Cc3cc(-c4ccncc4)no3)CC2)cc1. The number of hydrogen-bond donors (Lipinski definition) is 0. The van der Waals surface area contributed by atoms with E-state index in [1.54, 1.807) is 12.4 Å². The number of hydrogen-bond acceptors (Lipinski definition) is 7. The van der Waals surface area contributed by atoms with Gasteiger partial charge in [0.15, 0.2) is 5.76 Å². The lowest BCUT2D eigenvalue weighted by molar-refractivity contribution is 0.0601. The van der Waals surface area contributed by atoms with Crippen LogP contribution in [-0.2, 0) is 11.3 Å². The van der Waals surface area contributed by atoms with Gasteiger partial charge in [0.25, 0.3) is 0 Å². The Kier molecular flexibility index (Phi) is 5.34. The maximum atomic E-state index is 11.6. The predicted molar refractivity (Wildman–Crippen MR) is 105 cm³/mol. The molecule has 0 amide bonds. The second kappa shape index (κ2) is 8.22. The summed E-state index contributed by atoms with van der Waals surface area (Å²) in [6.45, 7) is 4.45. The first kappa shape index (κ1) is 18.2. The van der Waals surface area contributed by atoms with Gasteiger partial charge in [-0.2, -0.15) is 0 Å². The molecule has 0 atom stereocenters. The summed E-state index contributed by atoms with van der Waals surface area (Å²) < 4.78 is 10.3. The lowest BCUT2D eigenvalue weighted by Gasteiger charge is -2.35. The fraction of sp³-hybridized carbons (Fsp3) is 0.286. The highest BCUT2D eigenvalue weighted by Gasteiger charge is 2.19. The van der Waals surface area contributed by atoms with E-state index in [-0.39, 0.29) is 5.97 Å². The van der Waals surface area contributed by atoms with Crippen molar-refractivity contribution in [1.29, 1.82) is 0 Å². The quantitative estimate of drug-likeness (QED) is 0.632. The number of piperazine rings is 1. The van der Waals surface area contributed by atoms with Crippen LogP contribution in [0.4, 0.5) is 5.69 Å². The summed E-state index contributed by atoms with van der Waals surface area (Å²) in [7, 11) is 1.39. The zero-order valence-electron chi connectivity index (χ0n) is 15.7. The maximum Gasteiger partial charge on any atom is 0.337 e. The molecule has 0 spiro atoms. The van der Waals surface area contributed by atoms with Crippen LogP contribution in [0.1, 0.15) is 16.1 Å². The number of methoxy groups -OCH3 is 1. The summed E-state index contributed by atoms with van der Waals surface area (Å²) in [4.78, 5) is 20.3. The molecule has 3 heterocycles. The average molecular weight is 378 g/mol. The largest absolute Gasteiger partial charge is 0.465 e. The van der Waals surface area contributed by atoms with E-state index in [0.717, 1.165) is 55.4 Å². The highest BCUT2D eigenvalue weighted by Crippen LogP contribution is 2.21. The van der Waals surface area contributed by atoms with Gasteiger partial charge < -0.3 is 14.2 Å². The summed E-state index contributed by atoms with van der Waals surface area (Å²) in [5.41, 5.74) is 3.53. The van der Waals surface area contributed by atoms with Gasteiger partial charge in [-0.05, 0) is 36.4 Å². The van der Waals surface area contributed by atoms with Crippen LogP contribution in [0.2, 0.25) is 0 Å². The summed E-state index contributed by atoms with van der Waals surface area (Å²) in [5.74, 6) is 0.553. The third-order valence-electron chi connectivity index (χ3n) is 4.94. The molecule has 28 heavy (non-hydrogen) atoms. The van der Waals surface area contributed by atoms with Crippen molar-refractivity contribution in [2.24, 2.45) is 0 Å². The average Bonchev–Trinajstić information content (AvgIpc) is 3.23. The van der Waals surface area contributed by atoms with E-state index < -0.39 is 0 Å². The molecule has 0 aliphatic carbocycles. The molecular weight excluding hydrogens is 356 g/mol. The van der Waals surface area contributed by atoms with Crippen molar-refractivity contribution in [3.8, 4) is 11.3 Å². The monoisotopic (exact) mass is 378 g/mol. The van der Waals surface area contributed by atoms with Crippen molar-refractivity contribution in [3.05, 3.63) is 66.2 Å². The minimum absolute atomic E-state index is 0.311. The standard InChI is InChI=1S/C21H22N4O3/c1-27-21(26)17-2-4-18(5-3-17)25-12-10-24(11-13-25)15-19-14-20(23-28-19)16-6-8-22-9-7-16/h2-9,14H,10-13,15H2,1H3. The van der Waals surface area contributed by atoms with Gasteiger partial charge >= 0.3 is 5.97 Å². The van der Waals surface area contributed by atoms with Crippen LogP contribution in [0.25, 0.3) is 11.3 Å². The zero-order chi connectivity index (χ0) is 19.3. The highest BCUT2D eigenvalue weighted by molar-refractivity contribution is 5.89. The van der Waals surface area contributed by atoms with Gasteiger partial charge in [-0.15, -0.1) is 0 Å². The van der Waals surface area contributed by atoms with Crippen LogP contribution in [0, 0.1) is 0 Å². The molecule has 144 valence electrons. The molecule has 1 aliphatic rings. The van der Waals surface area contributed by atoms with Crippen LogP contribution in [-0.4, -0.2) is 54.3 Å². The van der Waals surface area contributed by atoms with Crippen LogP contribution in [0.5, 0.6) is 0 Å². The Labute approximate surface area is 163 Å². The number of ether oxygens (including phenoxy) is 1. The number of pyridine rings is 1. The van der Waals surface area contributed by atoms with Gasteiger partial charge in [0, 0.05) is 55.9 Å². The van der Waals surface area contributed by atoms with E-state index in [9.17, 15) is 4.79 Å². The van der Waals surface area contributed by atoms with Crippen LogP contribution in [0.3, 0.4) is 0 Å². The number of rotatable bonds is 5. The first-order valence-corrected chi connectivity index (χ1v) is 9.24. The summed E-state index contributed by atoms with van der Waals surface area (Å²) in [6.07, 6.45) is 3.50. The third-order valence-corrected chi connectivity index (χ3v) is 4.94. The Morgan fingerprint density at radius 3 is 2.46 bits per heavy atom. The van der Waals surface area contributed by atoms with Crippen LogP contribution >= 0.6 is 0 Å². The van der Waals surface area contributed by atoms with Gasteiger partial charge in [0.1, 0.15) is 5.69 Å². The fourth-order valence-corrected chi connectivity index (χ4v) is 3.36. The Bertz CT molecular complexity index is 916. The molecule has 0 radical (unpaired) electrons. The number of nitrogens with zero attached hydrogens (tertiary/aromatic N) is 4. The lowest BCUT2D eigenvalue weighted by atomic mass is 10.1. The molecule has 0 unspecified atom stereocenters. The minimum atomic E-state index is -0.311. The van der Waals surface area contributed by atoms with E-state index >= 15 is 0 Å². The lowest BCUT2D eigenvalue weighted by Crippen LogP contribution is -2.45. The summed E-state index contributed by atoms with van der Waals surface area (Å²) in [6, 6.07) is 13.4. The normalized spacial score (nSPS) is 14.8. The second-order valence-corrected chi connectivity index (χ2v) is 6.72. The zero-order valence-corrected chi connectivity index (χ0v) is 15.7. The Hall–Kier alpha value is -3.19. The molecule has 4 rings (SSSR count). The molecule has 0 bridgehead atoms. The first-order valence-electron chi connectivity index (χ1n) is 9.24. The van der Waals surface area contributed by atoms with E-state index in [1.165, 1.54) is 7.11 Å².